The van der Waals surface area contributed by atoms with Crippen LogP contribution < -0.4 is 5.32 Å². The summed E-state index contributed by atoms with van der Waals surface area (Å²) in [4.78, 5) is 21.6. The molecule has 3 saturated heterocycles. The lowest BCUT2D eigenvalue weighted by atomic mass is 9.88. The molecule has 3 aliphatic heterocycles. The van der Waals surface area contributed by atoms with Crippen molar-refractivity contribution in [3.05, 3.63) is 0 Å². The second kappa shape index (κ2) is 9.73. The maximum Gasteiger partial charge on any atom is 0.310 e. The Bertz CT molecular complexity index is 513. The van der Waals surface area contributed by atoms with E-state index in [4.69, 9.17) is 9.47 Å². The van der Waals surface area contributed by atoms with Crippen LogP contribution in [-0.4, -0.2) is 86.9 Å². The van der Waals surface area contributed by atoms with E-state index in [-0.39, 0.29) is 17.4 Å². The number of piperidine rings is 1. The summed E-state index contributed by atoms with van der Waals surface area (Å²) in [5.41, 5.74) is 0.168. The van der Waals surface area contributed by atoms with Crippen LogP contribution in [-0.2, 0) is 14.3 Å². The number of esters is 1. The topological polar surface area (TPSA) is 66.4 Å². The highest BCUT2D eigenvalue weighted by atomic mass is 16.5. The van der Waals surface area contributed by atoms with Crippen molar-refractivity contribution in [3.63, 3.8) is 0 Å². The molecule has 3 heterocycles. The number of hydrogen-bond donors (Lipinski definition) is 1. The Morgan fingerprint density at radius 1 is 1.22 bits per heavy atom. The lowest BCUT2D eigenvalue weighted by molar-refractivity contribution is -0.149. The molecular formula is C20H36N4O3. The Morgan fingerprint density at radius 3 is 2.63 bits per heavy atom. The van der Waals surface area contributed by atoms with E-state index < -0.39 is 0 Å². The number of nitrogens with one attached hydrogen (secondary N) is 1. The number of ether oxygens (including phenoxy) is 2. The molecule has 0 spiro atoms. The van der Waals surface area contributed by atoms with Crippen LogP contribution >= 0.6 is 0 Å². The van der Waals surface area contributed by atoms with Crippen LogP contribution in [0.25, 0.3) is 0 Å². The van der Waals surface area contributed by atoms with Gasteiger partial charge in [-0.25, -0.2) is 0 Å². The first-order valence-electron chi connectivity index (χ1n) is 10.6. The van der Waals surface area contributed by atoms with Gasteiger partial charge in [-0.3, -0.25) is 14.7 Å². The van der Waals surface area contributed by atoms with Gasteiger partial charge in [0, 0.05) is 45.4 Å². The van der Waals surface area contributed by atoms with E-state index in [0.29, 0.717) is 13.2 Å². The van der Waals surface area contributed by atoms with Gasteiger partial charge in [-0.2, -0.15) is 0 Å². The fourth-order valence-electron chi connectivity index (χ4n) is 4.75. The van der Waals surface area contributed by atoms with Crippen molar-refractivity contribution in [1.29, 1.82) is 0 Å². The van der Waals surface area contributed by atoms with E-state index in [9.17, 15) is 4.79 Å². The molecule has 3 aliphatic rings. The van der Waals surface area contributed by atoms with Crippen LogP contribution in [0, 0.1) is 5.92 Å². The normalized spacial score (nSPS) is 26.8. The van der Waals surface area contributed by atoms with Crippen molar-refractivity contribution >= 4 is 11.9 Å². The fourth-order valence-corrected chi connectivity index (χ4v) is 4.75. The summed E-state index contributed by atoms with van der Waals surface area (Å²) in [7, 11) is 1.84. The van der Waals surface area contributed by atoms with Crippen LogP contribution in [0.3, 0.4) is 0 Å². The zero-order valence-corrected chi connectivity index (χ0v) is 17.0. The number of aliphatic imine (C=N–C) groups is 1. The third-order valence-corrected chi connectivity index (χ3v) is 6.33. The Morgan fingerprint density at radius 2 is 1.96 bits per heavy atom. The second-order valence-electron chi connectivity index (χ2n) is 7.97. The number of carbonyl (C=O) groups is 1. The predicted octanol–water partition coefficient (Wildman–Crippen LogP) is 1.48. The van der Waals surface area contributed by atoms with Gasteiger partial charge in [0.25, 0.3) is 0 Å². The largest absolute Gasteiger partial charge is 0.466 e. The molecule has 0 aromatic rings. The molecule has 0 aromatic carbocycles. The summed E-state index contributed by atoms with van der Waals surface area (Å²) in [6.45, 7) is 8.89. The van der Waals surface area contributed by atoms with Gasteiger partial charge < -0.3 is 19.7 Å². The first-order chi connectivity index (χ1) is 13.2. The van der Waals surface area contributed by atoms with Crippen LogP contribution in [0.4, 0.5) is 0 Å². The van der Waals surface area contributed by atoms with E-state index in [1.165, 1.54) is 25.9 Å². The van der Waals surface area contributed by atoms with E-state index in [2.05, 4.69) is 20.1 Å². The van der Waals surface area contributed by atoms with Gasteiger partial charge in [0.05, 0.1) is 12.5 Å². The molecule has 3 fully saturated rings. The third kappa shape index (κ3) is 4.93. The molecule has 154 valence electrons. The van der Waals surface area contributed by atoms with Gasteiger partial charge in [0.1, 0.15) is 0 Å². The number of nitrogens with zero attached hydrogens (tertiary/aromatic N) is 3. The van der Waals surface area contributed by atoms with Crippen LogP contribution in [0.1, 0.15) is 45.4 Å². The Labute approximate surface area is 163 Å². The van der Waals surface area contributed by atoms with E-state index in [1.54, 1.807) is 0 Å². The molecule has 0 radical (unpaired) electrons. The molecule has 1 unspecified atom stereocenters. The quantitative estimate of drug-likeness (QED) is 0.443. The molecule has 27 heavy (non-hydrogen) atoms. The van der Waals surface area contributed by atoms with Crippen molar-refractivity contribution in [1.82, 2.24) is 15.1 Å². The molecule has 0 aromatic heterocycles. The van der Waals surface area contributed by atoms with Crippen molar-refractivity contribution < 1.29 is 14.3 Å². The predicted molar refractivity (Wildman–Crippen MR) is 106 cm³/mol. The van der Waals surface area contributed by atoms with Gasteiger partial charge in [-0.1, -0.05) is 0 Å². The summed E-state index contributed by atoms with van der Waals surface area (Å²) >= 11 is 0. The van der Waals surface area contributed by atoms with Crippen LogP contribution in [0.5, 0.6) is 0 Å². The van der Waals surface area contributed by atoms with E-state index in [0.717, 1.165) is 57.9 Å². The Kier molecular flexibility index (Phi) is 7.35. The number of rotatable bonds is 5. The van der Waals surface area contributed by atoms with Crippen LogP contribution in [0.15, 0.2) is 4.99 Å². The number of guanidine groups is 1. The summed E-state index contributed by atoms with van der Waals surface area (Å²) in [5.74, 6) is 0.789. The monoisotopic (exact) mass is 380 g/mol. The highest BCUT2D eigenvalue weighted by molar-refractivity contribution is 5.81. The smallest absolute Gasteiger partial charge is 0.310 e. The molecule has 7 nitrogen and oxygen atoms in total. The molecule has 1 atom stereocenters. The Balaban J connectivity index is 1.61. The summed E-state index contributed by atoms with van der Waals surface area (Å²) in [5, 5.41) is 3.64. The Hall–Kier alpha value is -1.34. The molecule has 1 N–H and O–H groups in total. The van der Waals surface area contributed by atoms with Gasteiger partial charge in [-0.15, -0.1) is 0 Å². The molecule has 0 bridgehead atoms. The SMILES string of the molecule is CCOC(=O)C1CCCN(C(=NC)NCC2(N3CCCC3)CCOCC2)C1. The third-order valence-electron chi connectivity index (χ3n) is 6.33. The van der Waals surface area contributed by atoms with Crippen molar-refractivity contribution in [2.45, 2.75) is 51.0 Å². The van der Waals surface area contributed by atoms with Crippen molar-refractivity contribution in [2.24, 2.45) is 10.9 Å². The van der Waals surface area contributed by atoms with Gasteiger partial charge in [0.2, 0.25) is 0 Å². The molecular weight excluding hydrogens is 344 g/mol. The van der Waals surface area contributed by atoms with E-state index in [1.807, 2.05) is 14.0 Å². The van der Waals surface area contributed by atoms with Crippen LogP contribution in [0.2, 0.25) is 0 Å². The van der Waals surface area contributed by atoms with Gasteiger partial charge in [-0.05, 0) is 58.5 Å². The van der Waals surface area contributed by atoms with Crippen molar-refractivity contribution in [3.8, 4) is 0 Å². The molecule has 0 saturated carbocycles. The van der Waals surface area contributed by atoms with E-state index >= 15 is 0 Å². The maximum atomic E-state index is 12.2. The molecule has 0 aliphatic carbocycles. The summed E-state index contributed by atoms with van der Waals surface area (Å²) in [6.07, 6.45) is 6.64. The average Bonchev–Trinajstić information content (AvgIpc) is 3.25. The van der Waals surface area contributed by atoms with Crippen molar-refractivity contribution in [2.75, 3.05) is 59.6 Å². The molecule has 3 rings (SSSR count). The minimum atomic E-state index is -0.0735. The number of hydrogen-bond acceptors (Lipinski definition) is 5. The van der Waals surface area contributed by atoms with Gasteiger partial charge in [0.15, 0.2) is 5.96 Å². The average molecular weight is 381 g/mol. The maximum absolute atomic E-state index is 12.2. The van der Waals surface area contributed by atoms with Gasteiger partial charge >= 0.3 is 5.97 Å². The lowest BCUT2D eigenvalue weighted by Crippen LogP contribution is -2.59. The first kappa shape index (κ1) is 20.4. The first-order valence-corrected chi connectivity index (χ1v) is 10.6. The number of likely N-dealkylation sites (tertiary alicyclic amines) is 2. The number of carbonyl (C=O) groups excluding carboxylic acids is 1. The fraction of sp³-hybridized carbons (Fsp3) is 0.900. The zero-order valence-electron chi connectivity index (χ0n) is 17.0. The standard InChI is InChI=1S/C20H36N4O3/c1-3-27-18(25)17-7-6-10-23(15-17)19(21-2)22-16-20(8-13-26-14-9-20)24-11-4-5-12-24/h17H,3-16H2,1-2H3,(H,21,22). The minimum absolute atomic E-state index is 0.0483. The molecule has 0 amide bonds. The summed E-state index contributed by atoms with van der Waals surface area (Å²) < 4.78 is 10.9. The minimum Gasteiger partial charge on any atom is -0.466 e. The molecule has 7 heteroatoms. The second-order valence-corrected chi connectivity index (χ2v) is 7.97. The summed E-state index contributed by atoms with van der Waals surface area (Å²) in [6, 6.07) is 0. The highest BCUT2D eigenvalue weighted by Crippen LogP contribution is 2.31. The lowest BCUT2D eigenvalue weighted by Gasteiger charge is -2.45. The zero-order chi connectivity index (χ0) is 19.1. The highest BCUT2D eigenvalue weighted by Gasteiger charge is 2.40.